The predicted molar refractivity (Wildman–Crippen MR) is 109 cm³/mol. The summed E-state index contributed by atoms with van der Waals surface area (Å²) in [7, 11) is 0. The van der Waals surface area contributed by atoms with Crippen molar-refractivity contribution in [2.45, 2.75) is 71.8 Å². The van der Waals surface area contributed by atoms with E-state index in [0.29, 0.717) is 37.9 Å². The smallest absolute Gasteiger partial charge is 0.475 e. The van der Waals surface area contributed by atoms with Crippen molar-refractivity contribution < 1.29 is 32.7 Å². The molecule has 2 fully saturated rings. The lowest BCUT2D eigenvalue weighted by atomic mass is 10.0. The first kappa shape index (κ1) is 25.7. The van der Waals surface area contributed by atoms with Crippen LogP contribution in [0.15, 0.2) is 12.5 Å². The van der Waals surface area contributed by atoms with E-state index in [-0.39, 0.29) is 11.8 Å². The van der Waals surface area contributed by atoms with Crippen LogP contribution in [0, 0.1) is 11.8 Å². The molecule has 1 aromatic heterocycles. The summed E-state index contributed by atoms with van der Waals surface area (Å²) in [6.07, 6.45) is 4.51. The molecule has 180 valence electrons. The second kappa shape index (κ2) is 11.3. The molecular formula is C21H31F3N4O4. The Balaban J connectivity index is 0.000000451. The summed E-state index contributed by atoms with van der Waals surface area (Å²) in [5.41, 5.74) is 0.905. The minimum atomic E-state index is -5.08. The average molecular weight is 460 g/mol. The fraction of sp³-hybridized carbons (Fsp3) is 0.714. The molecule has 3 rings (SSSR count). The van der Waals surface area contributed by atoms with Gasteiger partial charge < -0.3 is 19.5 Å². The van der Waals surface area contributed by atoms with Gasteiger partial charge in [-0.25, -0.2) is 9.78 Å². The number of aliphatic carboxylic acids is 1. The molecule has 3 heterocycles. The first-order valence-corrected chi connectivity index (χ1v) is 10.9. The van der Waals surface area contributed by atoms with Gasteiger partial charge in [-0.05, 0) is 24.7 Å². The van der Waals surface area contributed by atoms with Crippen molar-refractivity contribution >= 4 is 17.8 Å². The van der Waals surface area contributed by atoms with Gasteiger partial charge in [0, 0.05) is 32.1 Å². The van der Waals surface area contributed by atoms with Gasteiger partial charge in [-0.15, -0.1) is 0 Å². The lowest BCUT2D eigenvalue weighted by Crippen LogP contribution is -2.27. The van der Waals surface area contributed by atoms with E-state index < -0.39 is 12.1 Å². The topological polar surface area (TPSA) is 95.7 Å². The third-order valence-electron chi connectivity index (χ3n) is 5.60. The van der Waals surface area contributed by atoms with Crippen LogP contribution in [0.3, 0.4) is 0 Å². The van der Waals surface area contributed by atoms with Crippen molar-refractivity contribution in [3.63, 3.8) is 0 Å². The van der Waals surface area contributed by atoms with E-state index in [2.05, 4.69) is 18.8 Å². The number of amides is 2. The molecule has 11 heteroatoms. The summed E-state index contributed by atoms with van der Waals surface area (Å²) in [4.78, 5) is 41.4. The fourth-order valence-corrected chi connectivity index (χ4v) is 4.16. The highest BCUT2D eigenvalue weighted by atomic mass is 19.4. The Labute approximate surface area is 185 Å². The number of alkyl halides is 3. The fourth-order valence-electron chi connectivity index (χ4n) is 4.16. The van der Waals surface area contributed by atoms with Gasteiger partial charge >= 0.3 is 12.1 Å². The molecule has 8 nitrogen and oxygen atoms in total. The molecule has 0 radical (unpaired) electrons. The predicted octanol–water partition coefficient (Wildman–Crippen LogP) is 3.27. The van der Waals surface area contributed by atoms with E-state index in [4.69, 9.17) is 9.90 Å². The summed E-state index contributed by atoms with van der Waals surface area (Å²) in [5.74, 6) is -1.28. The highest BCUT2D eigenvalue weighted by Crippen LogP contribution is 2.24. The van der Waals surface area contributed by atoms with Crippen molar-refractivity contribution in [2.75, 3.05) is 13.1 Å². The second-order valence-electron chi connectivity index (χ2n) is 8.43. The number of imidazole rings is 1. The second-order valence-corrected chi connectivity index (χ2v) is 8.43. The first-order valence-electron chi connectivity index (χ1n) is 10.9. The van der Waals surface area contributed by atoms with Gasteiger partial charge in [-0.2, -0.15) is 13.2 Å². The van der Waals surface area contributed by atoms with E-state index in [0.717, 1.165) is 44.5 Å². The maximum atomic E-state index is 12.1. The molecule has 1 aromatic rings. The number of carboxylic acid groups (broad SMARTS) is 1. The zero-order valence-corrected chi connectivity index (χ0v) is 18.5. The minimum absolute atomic E-state index is 0.241. The number of carboxylic acids is 1. The highest BCUT2D eigenvalue weighted by Gasteiger charge is 2.38. The summed E-state index contributed by atoms with van der Waals surface area (Å²) >= 11 is 0. The van der Waals surface area contributed by atoms with Crippen molar-refractivity contribution in [3.05, 3.63) is 18.2 Å². The van der Waals surface area contributed by atoms with Gasteiger partial charge in [0.1, 0.15) is 0 Å². The van der Waals surface area contributed by atoms with E-state index in [1.807, 2.05) is 20.6 Å². The van der Waals surface area contributed by atoms with Gasteiger partial charge in [0.15, 0.2) is 0 Å². The molecule has 2 atom stereocenters. The maximum absolute atomic E-state index is 12.1. The third kappa shape index (κ3) is 7.52. The standard InChI is InChI=1S/C19H30N4O2.C2HF3O2/c1-3-5-15-7-18(24)22(9-15)12-17-11-21(13-20-17)14-23-10-16(6-4-2)8-19(23)25;3-2(4,5)1(6)7/h11,13,15-16H,3-10,12,14H2,1-2H3;(H,6,7). The number of rotatable bonds is 8. The zero-order valence-electron chi connectivity index (χ0n) is 18.5. The highest BCUT2D eigenvalue weighted by molar-refractivity contribution is 5.79. The number of nitrogens with zero attached hydrogens (tertiary/aromatic N) is 4. The number of aromatic nitrogens is 2. The molecule has 0 aromatic carbocycles. The Morgan fingerprint density at radius 2 is 1.56 bits per heavy atom. The number of hydrogen-bond acceptors (Lipinski definition) is 4. The lowest BCUT2D eigenvalue weighted by Gasteiger charge is -2.17. The molecule has 2 saturated heterocycles. The number of carbonyl (C=O) groups excluding carboxylic acids is 2. The van der Waals surface area contributed by atoms with Gasteiger partial charge in [0.25, 0.3) is 0 Å². The van der Waals surface area contributed by atoms with Crippen LogP contribution in [-0.4, -0.2) is 61.5 Å². The number of likely N-dealkylation sites (tertiary alicyclic amines) is 2. The monoisotopic (exact) mass is 460 g/mol. The van der Waals surface area contributed by atoms with Crippen LogP contribution in [0.25, 0.3) is 0 Å². The SMILES string of the molecule is CCCC1CC(=O)N(Cc2cn(CN3CC(CCC)CC3=O)cn2)C1.O=C(O)C(F)(F)F. The summed E-state index contributed by atoms with van der Waals surface area (Å²) in [6, 6.07) is 0. The molecule has 0 aliphatic carbocycles. The Bertz CT molecular complexity index is 746. The average Bonchev–Trinajstić information content (AvgIpc) is 3.37. The Kier molecular flexibility index (Phi) is 9.09. The van der Waals surface area contributed by atoms with E-state index >= 15 is 0 Å². The molecule has 1 N–H and O–H groups in total. The van der Waals surface area contributed by atoms with Crippen molar-refractivity contribution in [2.24, 2.45) is 11.8 Å². The van der Waals surface area contributed by atoms with E-state index in [1.165, 1.54) is 0 Å². The van der Waals surface area contributed by atoms with Crippen LogP contribution >= 0.6 is 0 Å². The van der Waals surface area contributed by atoms with E-state index in [1.54, 1.807) is 6.33 Å². The lowest BCUT2D eigenvalue weighted by molar-refractivity contribution is -0.192. The van der Waals surface area contributed by atoms with Gasteiger partial charge in [-0.3, -0.25) is 9.59 Å². The van der Waals surface area contributed by atoms with Crippen LogP contribution < -0.4 is 0 Å². The minimum Gasteiger partial charge on any atom is -0.475 e. The van der Waals surface area contributed by atoms with Crippen LogP contribution in [0.5, 0.6) is 0 Å². The summed E-state index contributed by atoms with van der Waals surface area (Å²) in [5, 5.41) is 7.12. The van der Waals surface area contributed by atoms with E-state index in [9.17, 15) is 22.8 Å². The van der Waals surface area contributed by atoms with Crippen molar-refractivity contribution in [3.8, 4) is 0 Å². The Morgan fingerprint density at radius 1 is 1.06 bits per heavy atom. The third-order valence-corrected chi connectivity index (χ3v) is 5.60. The first-order chi connectivity index (χ1) is 15.0. The molecular weight excluding hydrogens is 429 g/mol. The number of carbonyl (C=O) groups is 3. The molecule has 2 amide bonds. The molecule has 2 unspecified atom stereocenters. The van der Waals surface area contributed by atoms with Crippen LogP contribution in [0.2, 0.25) is 0 Å². The molecule has 2 aliphatic heterocycles. The quantitative estimate of drug-likeness (QED) is 0.643. The Hall–Kier alpha value is -2.59. The zero-order chi connectivity index (χ0) is 23.9. The van der Waals surface area contributed by atoms with Gasteiger partial charge in [0.2, 0.25) is 11.8 Å². The molecule has 0 spiro atoms. The van der Waals surface area contributed by atoms with Crippen LogP contribution in [0.4, 0.5) is 13.2 Å². The maximum Gasteiger partial charge on any atom is 0.490 e. The number of hydrogen-bond donors (Lipinski definition) is 1. The summed E-state index contributed by atoms with van der Waals surface area (Å²) < 4.78 is 33.7. The van der Waals surface area contributed by atoms with Crippen molar-refractivity contribution in [1.82, 2.24) is 19.4 Å². The van der Waals surface area contributed by atoms with Crippen LogP contribution in [0.1, 0.15) is 58.1 Å². The molecule has 0 bridgehead atoms. The normalized spacial score (nSPS) is 21.2. The van der Waals surface area contributed by atoms with Crippen LogP contribution in [-0.2, 0) is 27.6 Å². The van der Waals surface area contributed by atoms with Gasteiger partial charge in [-0.1, -0.05) is 26.7 Å². The molecule has 2 aliphatic rings. The van der Waals surface area contributed by atoms with Crippen molar-refractivity contribution in [1.29, 1.82) is 0 Å². The largest absolute Gasteiger partial charge is 0.490 e. The molecule has 0 saturated carbocycles. The summed E-state index contributed by atoms with van der Waals surface area (Å²) in [6.45, 7) is 7.18. The number of halogens is 3. The van der Waals surface area contributed by atoms with Gasteiger partial charge in [0.05, 0.1) is 25.2 Å². The molecule has 32 heavy (non-hydrogen) atoms. The Morgan fingerprint density at radius 3 is 2.06 bits per heavy atom.